The van der Waals surface area contributed by atoms with E-state index in [0.717, 1.165) is 0 Å². The summed E-state index contributed by atoms with van der Waals surface area (Å²) in [6.45, 7) is 3.44. The Bertz CT molecular complexity index is 267. The summed E-state index contributed by atoms with van der Waals surface area (Å²) in [5, 5.41) is 23.1. The van der Waals surface area contributed by atoms with Crippen molar-refractivity contribution >= 4 is 15.9 Å². The molecule has 0 bridgehead atoms. The maximum atomic E-state index is 9.66. The molecule has 5 heteroatoms. The van der Waals surface area contributed by atoms with Crippen molar-refractivity contribution in [2.75, 3.05) is 5.33 Å². The minimum absolute atomic E-state index is 0.318. The minimum atomic E-state index is -0.939. The Balaban J connectivity index is 2.93. The second-order valence-electron chi connectivity index (χ2n) is 2.90. The zero-order valence-electron chi connectivity index (χ0n) is 7.49. The number of halogens is 1. The second kappa shape index (κ2) is 4.21. The third kappa shape index (κ3) is 2.10. The van der Waals surface area contributed by atoms with Gasteiger partial charge in [0.15, 0.2) is 0 Å². The monoisotopic (exact) mass is 249 g/mol. The van der Waals surface area contributed by atoms with Crippen molar-refractivity contribution in [2.45, 2.75) is 26.1 Å². The standard InChI is InChI=1S/C8H12BrNO3/c1-4-7(5(2)13-10-4)8(12)6(11)3-9/h6,8,11-12H,3H2,1-2H3. The maximum Gasteiger partial charge on any atom is 0.139 e. The number of hydrogen-bond donors (Lipinski definition) is 2. The molecule has 0 radical (unpaired) electrons. The molecule has 1 heterocycles. The lowest BCUT2D eigenvalue weighted by molar-refractivity contribution is 0.0330. The van der Waals surface area contributed by atoms with Crippen molar-refractivity contribution in [1.82, 2.24) is 5.16 Å². The number of aliphatic hydroxyl groups excluding tert-OH is 2. The fourth-order valence-corrected chi connectivity index (χ4v) is 1.54. The number of rotatable bonds is 3. The predicted molar refractivity (Wildman–Crippen MR) is 50.7 cm³/mol. The molecule has 0 fully saturated rings. The van der Waals surface area contributed by atoms with Crippen LogP contribution in [0.5, 0.6) is 0 Å². The van der Waals surface area contributed by atoms with E-state index in [1.807, 2.05) is 0 Å². The van der Waals surface area contributed by atoms with Crippen molar-refractivity contribution < 1.29 is 14.7 Å². The van der Waals surface area contributed by atoms with Crippen LogP contribution < -0.4 is 0 Å². The Morgan fingerprint density at radius 1 is 1.46 bits per heavy atom. The SMILES string of the molecule is Cc1noc(C)c1C(O)C(O)CBr. The molecule has 1 aromatic heterocycles. The van der Waals surface area contributed by atoms with Crippen molar-refractivity contribution in [3.05, 3.63) is 17.0 Å². The van der Waals surface area contributed by atoms with Crippen LogP contribution in [0.1, 0.15) is 23.1 Å². The van der Waals surface area contributed by atoms with Crippen LogP contribution in [0.15, 0.2) is 4.52 Å². The zero-order chi connectivity index (χ0) is 10.0. The van der Waals surface area contributed by atoms with Crippen LogP contribution in [0.25, 0.3) is 0 Å². The molecular formula is C8H12BrNO3. The first kappa shape index (κ1) is 10.7. The molecule has 0 saturated heterocycles. The summed E-state index contributed by atoms with van der Waals surface area (Å²) in [6.07, 6.45) is -1.78. The average Bonchev–Trinajstić information content (AvgIpc) is 2.44. The summed E-state index contributed by atoms with van der Waals surface area (Å²) in [7, 11) is 0. The van der Waals surface area contributed by atoms with Crippen LogP contribution in [0.3, 0.4) is 0 Å². The van der Waals surface area contributed by atoms with Gasteiger partial charge in [-0.05, 0) is 13.8 Å². The van der Waals surface area contributed by atoms with E-state index in [4.69, 9.17) is 4.52 Å². The number of hydrogen-bond acceptors (Lipinski definition) is 4. The number of aromatic nitrogens is 1. The third-order valence-electron chi connectivity index (χ3n) is 1.91. The summed E-state index contributed by atoms with van der Waals surface area (Å²) in [6, 6.07) is 0. The molecule has 74 valence electrons. The van der Waals surface area contributed by atoms with Gasteiger partial charge in [-0.3, -0.25) is 0 Å². The molecule has 0 spiro atoms. The average molecular weight is 250 g/mol. The highest BCUT2D eigenvalue weighted by molar-refractivity contribution is 9.09. The molecule has 13 heavy (non-hydrogen) atoms. The first-order valence-corrected chi connectivity index (χ1v) is 5.05. The van der Waals surface area contributed by atoms with Crippen LogP contribution in [0, 0.1) is 13.8 Å². The Kier molecular flexibility index (Phi) is 3.47. The van der Waals surface area contributed by atoms with E-state index in [9.17, 15) is 10.2 Å². The van der Waals surface area contributed by atoms with Gasteiger partial charge in [-0.1, -0.05) is 21.1 Å². The fraction of sp³-hybridized carbons (Fsp3) is 0.625. The highest BCUT2D eigenvalue weighted by Gasteiger charge is 2.24. The molecule has 4 nitrogen and oxygen atoms in total. The van der Waals surface area contributed by atoms with E-state index in [1.165, 1.54) is 0 Å². The Hall–Kier alpha value is -0.390. The Labute approximate surface area is 84.7 Å². The highest BCUT2D eigenvalue weighted by atomic mass is 79.9. The van der Waals surface area contributed by atoms with Crippen LogP contribution in [0.4, 0.5) is 0 Å². The lowest BCUT2D eigenvalue weighted by Crippen LogP contribution is -2.20. The largest absolute Gasteiger partial charge is 0.389 e. The summed E-state index contributed by atoms with van der Waals surface area (Å²) in [4.78, 5) is 0. The van der Waals surface area contributed by atoms with Crippen LogP contribution >= 0.6 is 15.9 Å². The first-order chi connectivity index (χ1) is 6.07. The molecule has 0 aliphatic heterocycles. The zero-order valence-corrected chi connectivity index (χ0v) is 9.08. The minimum Gasteiger partial charge on any atom is -0.389 e. The molecule has 0 aromatic carbocycles. The van der Waals surface area contributed by atoms with E-state index in [2.05, 4.69) is 21.1 Å². The van der Waals surface area contributed by atoms with Crippen molar-refractivity contribution in [1.29, 1.82) is 0 Å². The van der Waals surface area contributed by atoms with E-state index in [1.54, 1.807) is 13.8 Å². The molecule has 1 aromatic rings. The lowest BCUT2D eigenvalue weighted by Gasteiger charge is -2.14. The van der Waals surface area contributed by atoms with Gasteiger partial charge < -0.3 is 14.7 Å². The van der Waals surface area contributed by atoms with E-state index >= 15 is 0 Å². The van der Waals surface area contributed by atoms with Crippen LogP contribution in [0.2, 0.25) is 0 Å². The van der Waals surface area contributed by atoms with Crippen molar-refractivity contribution in [2.24, 2.45) is 0 Å². The van der Waals surface area contributed by atoms with E-state index in [0.29, 0.717) is 22.3 Å². The molecule has 2 unspecified atom stereocenters. The van der Waals surface area contributed by atoms with Gasteiger partial charge in [0.25, 0.3) is 0 Å². The summed E-state index contributed by atoms with van der Waals surface area (Å²) in [5.41, 5.74) is 1.19. The van der Waals surface area contributed by atoms with Gasteiger partial charge in [-0.25, -0.2) is 0 Å². The van der Waals surface area contributed by atoms with Gasteiger partial charge >= 0.3 is 0 Å². The maximum absolute atomic E-state index is 9.66. The quantitative estimate of drug-likeness (QED) is 0.788. The number of nitrogens with zero attached hydrogens (tertiary/aromatic N) is 1. The van der Waals surface area contributed by atoms with E-state index in [-0.39, 0.29) is 0 Å². The van der Waals surface area contributed by atoms with Gasteiger partial charge in [0.2, 0.25) is 0 Å². The summed E-state index contributed by atoms with van der Waals surface area (Å²) < 4.78 is 4.87. The molecule has 0 amide bonds. The predicted octanol–water partition coefficient (Wildman–Crippen LogP) is 1.08. The summed E-state index contributed by atoms with van der Waals surface area (Å²) in [5.74, 6) is 0.546. The Morgan fingerprint density at radius 2 is 2.08 bits per heavy atom. The molecule has 0 aliphatic carbocycles. The number of alkyl halides is 1. The Morgan fingerprint density at radius 3 is 2.46 bits per heavy atom. The van der Waals surface area contributed by atoms with Gasteiger partial charge in [0.05, 0.1) is 11.8 Å². The summed E-state index contributed by atoms with van der Waals surface area (Å²) >= 11 is 3.09. The fourth-order valence-electron chi connectivity index (χ4n) is 1.19. The molecule has 0 aliphatic rings. The topological polar surface area (TPSA) is 66.5 Å². The second-order valence-corrected chi connectivity index (χ2v) is 3.55. The normalized spacial score (nSPS) is 15.8. The van der Waals surface area contributed by atoms with Crippen LogP contribution in [-0.2, 0) is 0 Å². The molecule has 0 saturated carbocycles. The van der Waals surface area contributed by atoms with Gasteiger partial charge in [-0.15, -0.1) is 0 Å². The lowest BCUT2D eigenvalue weighted by atomic mass is 10.0. The first-order valence-electron chi connectivity index (χ1n) is 3.92. The van der Waals surface area contributed by atoms with Crippen molar-refractivity contribution in [3.8, 4) is 0 Å². The molecule has 2 N–H and O–H groups in total. The van der Waals surface area contributed by atoms with E-state index < -0.39 is 12.2 Å². The molecule has 2 atom stereocenters. The number of aryl methyl sites for hydroxylation is 2. The van der Waals surface area contributed by atoms with Gasteiger partial charge in [-0.2, -0.15) is 0 Å². The highest BCUT2D eigenvalue weighted by Crippen LogP contribution is 2.24. The molecule has 1 rings (SSSR count). The molecular weight excluding hydrogens is 238 g/mol. The van der Waals surface area contributed by atoms with Gasteiger partial charge in [0.1, 0.15) is 11.9 Å². The van der Waals surface area contributed by atoms with Gasteiger partial charge in [0, 0.05) is 10.9 Å². The number of aliphatic hydroxyl groups is 2. The third-order valence-corrected chi connectivity index (χ3v) is 2.57. The smallest absolute Gasteiger partial charge is 0.139 e. The van der Waals surface area contributed by atoms with Crippen molar-refractivity contribution in [3.63, 3.8) is 0 Å². The van der Waals surface area contributed by atoms with Crippen LogP contribution in [-0.4, -0.2) is 26.8 Å².